The molecule has 2 N–H and O–H groups in total. The number of nitrogens with zero attached hydrogens (tertiary/aromatic N) is 1. The second-order valence-electron chi connectivity index (χ2n) is 4.10. The van der Waals surface area contributed by atoms with Crippen LogP contribution in [-0.4, -0.2) is 10.9 Å². The summed E-state index contributed by atoms with van der Waals surface area (Å²) in [5.74, 6) is 0.505. The van der Waals surface area contributed by atoms with Gasteiger partial charge in [0.1, 0.15) is 5.75 Å². The fourth-order valence-corrected chi connectivity index (χ4v) is 1.63. The molecule has 92 valence electrons. The maximum Gasteiger partial charge on any atom is 0.252 e. The van der Waals surface area contributed by atoms with Crippen LogP contribution in [0.5, 0.6) is 11.5 Å². The van der Waals surface area contributed by atoms with Crippen molar-refractivity contribution < 1.29 is 9.53 Å². The average Bonchev–Trinajstić information content (AvgIpc) is 2.31. The van der Waals surface area contributed by atoms with E-state index in [2.05, 4.69) is 4.98 Å². The molecule has 0 atom stereocenters. The number of hydrogen-bond acceptors (Lipinski definition) is 3. The zero-order valence-electron chi connectivity index (χ0n) is 10.3. The summed E-state index contributed by atoms with van der Waals surface area (Å²) in [6.07, 6.45) is 1.51. The Morgan fingerprint density at radius 3 is 2.72 bits per heavy atom. The average molecular weight is 242 g/mol. The lowest BCUT2D eigenvalue weighted by molar-refractivity contribution is 0.0998. The maximum absolute atomic E-state index is 11.3. The standard InChI is InChI=1S/C14H14N2O2/c1-9-4-3-5-11(6-9)18-13-8-16-10(2)7-12(13)14(15)17/h3-8H,1-2H3,(H2,15,17). The van der Waals surface area contributed by atoms with Crippen molar-refractivity contribution in [3.63, 3.8) is 0 Å². The fourth-order valence-electron chi connectivity index (χ4n) is 1.63. The summed E-state index contributed by atoms with van der Waals surface area (Å²) in [6.45, 7) is 3.76. The van der Waals surface area contributed by atoms with Crippen LogP contribution in [-0.2, 0) is 0 Å². The molecule has 0 saturated carbocycles. The Balaban J connectivity index is 2.37. The van der Waals surface area contributed by atoms with Crippen LogP contribution < -0.4 is 10.5 Å². The number of pyridine rings is 1. The summed E-state index contributed by atoms with van der Waals surface area (Å²) >= 11 is 0. The molecule has 0 fully saturated rings. The summed E-state index contributed by atoms with van der Waals surface area (Å²) in [5, 5.41) is 0. The molecule has 1 aromatic heterocycles. The van der Waals surface area contributed by atoms with Crippen molar-refractivity contribution in [3.8, 4) is 11.5 Å². The van der Waals surface area contributed by atoms with E-state index >= 15 is 0 Å². The first-order valence-corrected chi connectivity index (χ1v) is 5.57. The van der Waals surface area contributed by atoms with Crippen LogP contribution in [0, 0.1) is 13.8 Å². The smallest absolute Gasteiger partial charge is 0.252 e. The molecule has 18 heavy (non-hydrogen) atoms. The van der Waals surface area contributed by atoms with Gasteiger partial charge < -0.3 is 10.5 Å². The van der Waals surface area contributed by atoms with Crippen LogP contribution in [0.2, 0.25) is 0 Å². The molecule has 1 amide bonds. The molecule has 0 aliphatic rings. The number of aryl methyl sites for hydroxylation is 2. The molecule has 2 rings (SSSR count). The number of rotatable bonds is 3. The predicted molar refractivity (Wildman–Crippen MR) is 68.7 cm³/mol. The monoisotopic (exact) mass is 242 g/mol. The second-order valence-corrected chi connectivity index (χ2v) is 4.10. The van der Waals surface area contributed by atoms with Crippen molar-refractivity contribution in [3.05, 3.63) is 53.3 Å². The SMILES string of the molecule is Cc1cccc(Oc2cnc(C)cc2C(N)=O)c1. The molecule has 0 saturated heterocycles. The van der Waals surface area contributed by atoms with Gasteiger partial charge in [-0.2, -0.15) is 0 Å². The van der Waals surface area contributed by atoms with Crippen LogP contribution in [0.4, 0.5) is 0 Å². The summed E-state index contributed by atoms with van der Waals surface area (Å²) in [6, 6.07) is 9.17. The van der Waals surface area contributed by atoms with E-state index in [9.17, 15) is 4.79 Å². The topological polar surface area (TPSA) is 65.2 Å². The van der Waals surface area contributed by atoms with Gasteiger partial charge in [0.15, 0.2) is 5.75 Å². The number of ether oxygens (including phenoxy) is 1. The molecular weight excluding hydrogens is 228 g/mol. The molecule has 1 heterocycles. The summed E-state index contributed by atoms with van der Waals surface area (Å²) in [7, 11) is 0. The van der Waals surface area contributed by atoms with Gasteiger partial charge in [0.2, 0.25) is 0 Å². The first-order chi connectivity index (χ1) is 8.56. The molecule has 0 bridgehead atoms. The highest BCUT2D eigenvalue weighted by Gasteiger charge is 2.11. The van der Waals surface area contributed by atoms with Gasteiger partial charge in [-0.15, -0.1) is 0 Å². The van der Waals surface area contributed by atoms with Gasteiger partial charge in [-0.05, 0) is 37.6 Å². The first kappa shape index (κ1) is 12.1. The zero-order chi connectivity index (χ0) is 13.1. The summed E-state index contributed by atoms with van der Waals surface area (Å²) in [4.78, 5) is 15.5. The van der Waals surface area contributed by atoms with Gasteiger partial charge in [0.05, 0.1) is 11.8 Å². The normalized spacial score (nSPS) is 10.1. The highest BCUT2D eigenvalue weighted by molar-refractivity contribution is 5.95. The lowest BCUT2D eigenvalue weighted by Gasteiger charge is -2.09. The van der Waals surface area contributed by atoms with Gasteiger partial charge in [-0.25, -0.2) is 0 Å². The van der Waals surface area contributed by atoms with Gasteiger partial charge >= 0.3 is 0 Å². The van der Waals surface area contributed by atoms with Crippen molar-refractivity contribution in [2.75, 3.05) is 0 Å². The number of amides is 1. The minimum atomic E-state index is -0.525. The predicted octanol–water partition coefficient (Wildman–Crippen LogP) is 2.59. The Bertz CT molecular complexity index is 594. The van der Waals surface area contributed by atoms with E-state index in [-0.39, 0.29) is 0 Å². The highest BCUT2D eigenvalue weighted by Crippen LogP contribution is 2.25. The van der Waals surface area contributed by atoms with E-state index in [1.807, 2.05) is 31.2 Å². The number of carbonyl (C=O) groups excluding carboxylic acids is 1. The summed E-state index contributed by atoms with van der Waals surface area (Å²) < 4.78 is 5.64. The number of nitrogens with two attached hydrogens (primary N) is 1. The number of hydrogen-bond donors (Lipinski definition) is 1. The Labute approximate surface area is 105 Å². The third kappa shape index (κ3) is 2.66. The molecule has 0 aliphatic heterocycles. The van der Waals surface area contributed by atoms with E-state index in [1.165, 1.54) is 6.20 Å². The van der Waals surface area contributed by atoms with Gasteiger partial charge in [-0.1, -0.05) is 12.1 Å². The number of primary amides is 1. The minimum Gasteiger partial charge on any atom is -0.455 e. The third-order valence-electron chi connectivity index (χ3n) is 2.49. The van der Waals surface area contributed by atoms with Crippen molar-refractivity contribution in [1.29, 1.82) is 0 Å². The molecule has 0 radical (unpaired) electrons. The van der Waals surface area contributed by atoms with Crippen LogP contribution in [0.15, 0.2) is 36.5 Å². The fraction of sp³-hybridized carbons (Fsp3) is 0.143. The van der Waals surface area contributed by atoms with Crippen molar-refractivity contribution in [2.24, 2.45) is 5.73 Å². The van der Waals surface area contributed by atoms with E-state index in [4.69, 9.17) is 10.5 Å². The van der Waals surface area contributed by atoms with Crippen LogP contribution >= 0.6 is 0 Å². The van der Waals surface area contributed by atoms with Gasteiger partial charge in [0, 0.05) is 5.69 Å². The molecular formula is C14H14N2O2. The molecule has 4 heteroatoms. The third-order valence-corrected chi connectivity index (χ3v) is 2.49. The number of carbonyl (C=O) groups is 1. The number of aromatic nitrogens is 1. The lowest BCUT2D eigenvalue weighted by Crippen LogP contribution is -2.13. The molecule has 0 aliphatic carbocycles. The van der Waals surface area contributed by atoms with E-state index in [0.717, 1.165) is 11.3 Å². The van der Waals surface area contributed by atoms with E-state index in [1.54, 1.807) is 13.0 Å². The number of benzene rings is 1. The molecule has 1 aromatic carbocycles. The molecule has 4 nitrogen and oxygen atoms in total. The van der Waals surface area contributed by atoms with Crippen molar-refractivity contribution in [1.82, 2.24) is 4.98 Å². The highest BCUT2D eigenvalue weighted by atomic mass is 16.5. The first-order valence-electron chi connectivity index (χ1n) is 5.57. The van der Waals surface area contributed by atoms with E-state index < -0.39 is 5.91 Å². The van der Waals surface area contributed by atoms with Crippen molar-refractivity contribution >= 4 is 5.91 Å². The van der Waals surface area contributed by atoms with Crippen LogP contribution in [0.1, 0.15) is 21.6 Å². The second kappa shape index (κ2) is 4.87. The molecule has 2 aromatic rings. The largest absolute Gasteiger partial charge is 0.455 e. The van der Waals surface area contributed by atoms with Crippen LogP contribution in [0.25, 0.3) is 0 Å². The Hall–Kier alpha value is -2.36. The summed E-state index contributed by atoms with van der Waals surface area (Å²) in [5.41, 5.74) is 7.46. The minimum absolute atomic E-state index is 0.337. The Kier molecular flexibility index (Phi) is 3.28. The lowest BCUT2D eigenvalue weighted by atomic mass is 10.2. The zero-order valence-corrected chi connectivity index (χ0v) is 10.3. The molecule has 0 unspecified atom stereocenters. The Morgan fingerprint density at radius 2 is 2.06 bits per heavy atom. The Morgan fingerprint density at radius 1 is 1.28 bits per heavy atom. The van der Waals surface area contributed by atoms with Crippen LogP contribution in [0.3, 0.4) is 0 Å². The molecule has 0 spiro atoms. The maximum atomic E-state index is 11.3. The van der Waals surface area contributed by atoms with Gasteiger partial charge in [-0.3, -0.25) is 9.78 Å². The van der Waals surface area contributed by atoms with E-state index in [0.29, 0.717) is 17.1 Å². The van der Waals surface area contributed by atoms with Crippen molar-refractivity contribution in [2.45, 2.75) is 13.8 Å². The quantitative estimate of drug-likeness (QED) is 0.899. The van der Waals surface area contributed by atoms with Gasteiger partial charge in [0.25, 0.3) is 5.91 Å².